The minimum absolute atomic E-state index is 0.0339. The van der Waals surface area contributed by atoms with Crippen molar-refractivity contribution in [1.82, 2.24) is 0 Å². The third kappa shape index (κ3) is 5.46. The van der Waals surface area contributed by atoms with Crippen LogP contribution in [-0.4, -0.2) is 11.5 Å². The van der Waals surface area contributed by atoms with Gasteiger partial charge in [0.1, 0.15) is 23.0 Å². The predicted molar refractivity (Wildman–Crippen MR) is 99.2 cm³/mol. The molecule has 0 atom stereocenters. The molecule has 0 spiro atoms. The number of nitriles is 2. The summed E-state index contributed by atoms with van der Waals surface area (Å²) in [4.78, 5) is 12.3. The highest BCUT2D eigenvalue weighted by molar-refractivity contribution is 9.10. The lowest BCUT2D eigenvalue weighted by molar-refractivity contribution is 0.102. The first-order chi connectivity index (χ1) is 12.0. The zero-order chi connectivity index (χ0) is 18.2. The normalized spacial score (nSPS) is 9.60. The van der Waals surface area contributed by atoms with Gasteiger partial charge in [0, 0.05) is 15.7 Å². The molecule has 0 radical (unpaired) electrons. The molecule has 4 nitrogen and oxygen atoms in total. The Morgan fingerprint density at radius 2 is 1.84 bits per heavy atom. The third-order valence-electron chi connectivity index (χ3n) is 3.05. The fraction of sp³-hybridized carbons (Fsp3) is 0.0556. The van der Waals surface area contributed by atoms with E-state index in [2.05, 4.69) is 21.2 Å². The molecule has 124 valence electrons. The van der Waals surface area contributed by atoms with Gasteiger partial charge in [-0.05, 0) is 30.3 Å². The van der Waals surface area contributed by atoms with E-state index in [4.69, 9.17) is 10.5 Å². The van der Waals surface area contributed by atoms with Crippen molar-refractivity contribution in [2.45, 2.75) is 0 Å². The van der Waals surface area contributed by atoms with E-state index in [9.17, 15) is 9.18 Å². The number of thioether (sulfide) groups is 1. The number of Topliss-reactive ketones (excluding diaryl/α,β-unsaturated/α-hetero) is 1. The molecule has 0 saturated heterocycles. The molecule has 2 rings (SSSR count). The van der Waals surface area contributed by atoms with Gasteiger partial charge >= 0.3 is 0 Å². The number of nitrogens with zero attached hydrogens (tertiary/aromatic N) is 2. The maximum absolute atomic E-state index is 13.3. The fourth-order valence-electron chi connectivity index (χ4n) is 1.85. The Labute approximate surface area is 157 Å². The molecule has 0 aromatic heterocycles. The van der Waals surface area contributed by atoms with Crippen LogP contribution < -0.4 is 5.32 Å². The summed E-state index contributed by atoms with van der Waals surface area (Å²) >= 11 is 4.33. The van der Waals surface area contributed by atoms with E-state index in [0.29, 0.717) is 11.3 Å². The van der Waals surface area contributed by atoms with Gasteiger partial charge in [-0.15, -0.1) is 0 Å². The minimum Gasteiger partial charge on any atom is -0.348 e. The standard InChI is InChI=1S/C18H11BrFN3OS/c19-14-6-4-12(5-7-14)17(24)11-25-18(13(9-21)10-22)23-16-3-1-2-15(20)8-16/h1-8,23H,11H2. The van der Waals surface area contributed by atoms with Crippen LogP contribution in [0.15, 0.2) is 63.6 Å². The van der Waals surface area contributed by atoms with E-state index < -0.39 is 5.82 Å². The number of anilines is 1. The van der Waals surface area contributed by atoms with Gasteiger partial charge in [0.05, 0.1) is 5.75 Å². The van der Waals surface area contributed by atoms with E-state index in [-0.39, 0.29) is 22.1 Å². The summed E-state index contributed by atoms with van der Waals surface area (Å²) in [5.41, 5.74) is 0.746. The van der Waals surface area contributed by atoms with Crippen molar-refractivity contribution in [3.63, 3.8) is 0 Å². The van der Waals surface area contributed by atoms with E-state index in [0.717, 1.165) is 16.2 Å². The number of nitrogens with one attached hydrogen (secondary N) is 1. The molecule has 2 aromatic carbocycles. The molecule has 0 aliphatic heterocycles. The number of halogens is 2. The van der Waals surface area contributed by atoms with Gasteiger partial charge in [0.25, 0.3) is 0 Å². The van der Waals surface area contributed by atoms with E-state index in [1.807, 2.05) is 0 Å². The van der Waals surface area contributed by atoms with Crippen molar-refractivity contribution in [2.24, 2.45) is 0 Å². The Hall–Kier alpha value is -2.61. The quantitative estimate of drug-likeness (QED) is 0.537. The van der Waals surface area contributed by atoms with Gasteiger partial charge in [-0.1, -0.05) is 45.9 Å². The van der Waals surface area contributed by atoms with E-state index in [1.54, 1.807) is 42.5 Å². The maximum atomic E-state index is 13.3. The van der Waals surface area contributed by atoms with E-state index >= 15 is 0 Å². The Morgan fingerprint density at radius 1 is 1.16 bits per heavy atom. The topological polar surface area (TPSA) is 76.7 Å². The molecule has 2 aromatic rings. The molecule has 0 unspecified atom stereocenters. The summed E-state index contributed by atoms with van der Waals surface area (Å²) < 4.78 is 14.2. The molecule has 0 bridgehead atoms. The van der Waals surface area contributed by atoms with Crippen LogP contribution in [0.25, 0.3) is 0 Å². The summed E-state index contributed by atoms with van der Waals surface area (Å²) in [5, 5.41) is 21.2. The number of allylic oxidation sites excluding steroid dienone is 1. The first kappa shape index (κ1) is 18.7. The number of carbonyl (C=O) groups is 1. The molecule has 0 fully saturated rings. The molecule has 0 heterocycles. The van der Waals surface area contributed by atoms with Crippen molar-refractivity contribution in [3.05, 3.63) is 75.0 Å². The Balaban J connectivity index is 2.16. The van der Waals surface area contributed by atoms with Gasteiger partial charge in [-0.25, -0.2) is 4.39 Å². The molecule has 7 heteroatoms. The second-order valence-electron chi connectivity index (χ2n) is 4.78. The van der Waals surface area contributed by atoms with Crippen molar-refractivity contribution in [2.75, 3.05) is 11.1 Å². The van der Waals surface area contributed by atoms with Crippen molar-refractivity contribution >= 4 is 39.2 Å². The lowest BCUT2D eigenvalue weighted by Gasteiger charge is -2.10. The number of ketones is 1. The number of benzene rings is 2. The molecule has 0 aliphatic carbocycles. The van der Waals surface area contributed by atoms with Gasteiger partial charge in [-0.2, -0.15) is 10.5 Å². The van der Waals surface area contributed by atoms with Crippen molar-refractivity contribution in [1.29, 1.82) is 10.5 Å². The largest absolute Gasteiger partial charge is 0.348 e. The van der Waals surface area contributed by atoms with Crippen LogP contribution in [-0.2, 0) is 0 Å². The van der Waals surface area contributed by atoms with Crippen LogP contribution in [0.1, 0.15) is 10.4 Å². The number of carbonyl (C=O) groups excluding carboxylic acids is 1. The second kappa shape index (κ2) is 9.03. The smallest absolute Gasteiger partial charge is 0.173 e. The van der Waals surface area contributed by atoms with Crippen molar-refractivity contribution < 1.29 is 9.18 Å². The summed E-state index contributed by atoms with van der Waals surface area (Å²) in [6.07, 6.45) is 0. The molecular weight excluding hydrogens is 405 g/mol. The predicted octanol–water partition coefficient (Wildman–Crippen LogP) is 4.87. The van der Waals surface area contributed by atoms with Gasteiger partial charge in [0.2, 0.25) is 0 Å². The zero-order valence-electron chi connectivity index (χ0n) is 12.8. The minimum atomic E-state index is -0.448. The first-order valence-corrected chi connectivity index (χ1v) is 8.80. The Morgan fingerprint density at radius 3 is 2.44 bits per heavy atom. The monoisotopic (exact) mass is 415 g/mol. The average molecular weight is 416 g/mol. The van der Waals surface area contributed by atoms with E-state index in [1.165, 1.54) is 18.2 Å². The lowest BCUT2D eigenvalue weighted by atomic mass is 10.2. The second-order valence-corrected chi connectivity index (χ2v) is 6.68. The molecule has 0 amide bonds. The maximum Gasteiger partial charge on any atom is 0.173 e. The summed E-state index contributed by atoms with van der Waals surface area (Å²) in [6.45, 7) is 0. The zero-order valence-corrected chi connectivity index (χ0v) is 15.2. The highest BCUT2D eigenvalue weighted by Gasteiger charge is 2.12. The Bertz CT molecular complexity index is 882. The molecule has 25 heavy (non-hydrogen) atoms. The highest BCUT2D eigenvalue weighted by Crippen LogP contribution is 2.24. The van der Waals surface area contributed by atoms with Crippen LogP contribution in [0.5, 0.6) is 0 Å². The molecule has 1 N–H and O–H groups in total. The number of rotatable bonds is 6. The number of hydrogen-bond donors (Lipinski definition) is 1. The summed E-state index contributed by atoms with van der Waals surface area (Å²) in [6, 6.07) is 16.1. The first-order valence-electron chi connectivity index (χ1n) is 7.02. The van der Waals surface area contributed by atoms with Gasteiger partial charge < -0.3 is 5.32 Å². The van der Waals surface area contributed by atoms with Gasteiger partial charge in [-0.3, -0.25) is 4.79 Å². The van der Waals surface area contributed by atoms with Crippen LogP contribution in [0, 0.1) is 28.5 Å². The van der Waals surface area contributed by atoms with Gasteiger partial charge in [0.15, 0.2) is 11.4 Å². The average Bonchev–Trinajstić information content (AvgIpc) is 2.61. The molecular formula is C18H11BrFN3OS. The number of hydrogen-bond acceptors (Lipinski definition) is 5. The lowest BCUT2D eigenvalue weighted by Crippen LogP contribution is -2.06. The molecule has 0 saturated carbocycles. The highest BCUT2D eigenvalue weighted by atomic mass is 79.9. The van der Waals surface area contributed by atoms with Crippen LogP contribution in [0.2, 0.25) is 0 Å². The fourth-order valence-corrected chi connectivity index (χ4v) is 2.98. The summed E-state index contributed by atoms with van der Waals surface area (Å²) in [5.74, 6) is -0.561. The third-order valence-corrected chi connectivity index (χ3v) is 4.58. The van der Waals surface area contributed by atoms with Crippen LogP contribution >= 0.6 is 27.7 Å². The molecule has 0 aliphatic rings. The Kier molecular flexibility index (Phi) is 6.76. The van der Waals surface area contributed by atoms with Crippen molar-refractivity contribution in [3.8, 4) is 12.1 Å². The summed E-state index contributed by atoms with van der Waals surface area (Å²) in [7, 11) is 0. The SMILES string of the molecule is N#CC(C#N)=C(Nc1cccc(F)c1)SCC(=O)c1ccc(Br)cc1. The van der Waals surface area contributed by atoms with Crippen LogP contribution in [0.3, 0.4) is 0 Å². The van der Waals surface area contributed by atoms with Crippen LogP contribution in [0.4, 0.5) is 10.1 Å².